The molecule has 0 spiro atoms. The summed E-state index contributed by atoms with van der Waals surface area (Å²) in [5.41, 5.74) is 3.89. The van der Waals surface area contributed by atoms with Gasteiger partial charge in [0.25, 0.3) is 0 Å². The molecule has 0 radical (unpaired) electrons. The number of halogens is 1. The smallest absolute Gasteiger partial charge is 0.127 e. The van der Waals surface area contributed by atoms with Crippen molar-refractivity contribution >= 4 is 11.6 Å². The first kappa shape index (κ1) is 15.1. The van der Waals surface area contributed by atoms with Crippen LogP contribution in [0.15, 0.2) is 29.8 Å². The van der Waals surface area contributed by atoms with Crippen LogP contribution in [0.1, 0.15) is 31.9 Å². The molecule has 0 saturated carbocycles. The van der Waals surface area contributed by atoms with Gasteiger partial charge in [-0.1, -0.05) is 29.8 Å². The van der Waals surface area contributed by atoms with Crippen LogP contribution in [0.2, 0.25) is 0 Å². The quantitative estimate of drug-likeness (QED) is 0.870. The van der Waals surface area contributed by atoms with E-state index in [0.29, 0.717) is 6.61 Å². The molecule has 0 aliphatic carbocycles. The lowest BCUT2D eigenvalue weighted by molar-refractivity contribution is 0.350. The van der Waals surface area contributed by atoms with E-state index in [-0.39, 0.29) is 5.54 Å². The molecule has 0 unspecified atom stereocenters. The molecule has 3 heteroatoms. The van der Waals surface area contributed by atoms with Gasteiger partial charge < -0.3 is 10.1 Å². The third kappa shape index (κ3) is 5.11. The Hall–Kier alpha value is -0.990. The van der Waals surface area contributed by atoms with Gasteiger partial charge in [-0.2, -0.15) is 0 Å². The zero-order valence-corrected chi connectivity index (χ0v) is 12.3. The maximum atomic E-state index is 5.76. The van der Waals surface area contributed by atoms with Crippen molar-refractivity contribution in [2.45, 2.75) is 39.8 Å². The lowest BCUT2D eigenvalue weighted by Gasteiger charge is -2.22. The Morgan fingerprint density at radius 2 is 2.06 bits per heavy atom. The van der Waals surface area contributed by atoms with Crippen molar-refractivity contribution < 1.29 is 4.74 Å². The zero-order valence-electron chi connectivity index (χ0n) is 11.6. The van der Waals surface area contributed by atoms with Crippen molar-refractivity contribution in [1.82, 2.24) is 5.32 Å². The maximum Gasteiger partial charge on any atom is 0.127 e. The topological polar surface area (TPSA) is 21.3 Å². The van der Waals surface area contributed by atoms with Crippen LogP contribution < -0.4 is 10.1 Å². The predicted molar refractivity (Wildman–Crippen MR) is 78.3 cm³/mol. The first-order valence-electron chi connectivity index (χ1n) is 6.15. The molecule has 0 aliphatic rings. The Labute approximate surface area is 115 Å². The van der Waals surface area contributed by atoms with E-state index < -0.39 is 0 Å². The van der Waals surface area contributed by atoms with Crippen molar-refractivity contribution in [2.75, 3.05) is 6.61 Å². The SMILES string of the molecule is Cc1cccc(CNC(C)(C)C)c1OC/C=C/Cl. The molecular formula is C15H22ClNO. The van der Waals surface area contributed by atoms with Gasteiger partial charge >= 0.3 is 0 Å². The van der Waals surface area contributed by atoms with Crippen LogP contribution >= 0.6 is 11.6 Å². The molecule has 0 atom stereocenters. The highest BCUT2D eigenvalue weighted by atomic mass is 35.5. The van der Waals surface area contributed by atoms with Gasteiger partial charge in [-0.05, 0) is 39.3 Å². The molecule has 1 rings (SSSR count). The Kier molecular flexibility index (Phi) is 5.70. The van der Waals surface area contributed by atoms with Crippen LogP contribution in [0.5, 0.6) is 5.75 Å². The molecule has 18 heavy (non-hydrogen) atoms. The Bertz CT molecular complexity index is 407. The molecule has 2 nitrogen and oxygen atoms in total. The molecule has 0 aliphatic heterocycles. The second-order valence-corrected chi connectivity index (χ2v) is 5.59. The summed E-state index contributed by atoms with van der Waals surface area (Å²) in [6.45, 7) is 9.81. The summed E-state index contributed by atoms with van der Waals surface area (Å²) in [5, 5.41) is 3.47. The number of ether oxygens (including phenoxy) is 1. The van der Waals surface area contributed by atoms with Crippen molar-refractivity contribution in [3.8, 4) is 5.75 Å². The second kappa shape index (κ2) is 6.81. The van der Waals surface area contributed by atoms with E-state index in [1.165, 1.54) is 11.1 Å². The van der Waals surface area contributed by atoms with Gasteiger partial charge in [0.2, 0.25) is 0 Å². The fourth-order valence-electron chi connectivity index (χ4n) is 1.59. The van der Waals surface area contributed by atoms with Gasteiger partial charge in [0.1, 0.15) is 12.4 Å². The lowest BCUT2D eigenvalue weighted by Crippen LogP contribution is -2.35. The molecule has 0 amide bonds. The van der Waals surface area contributed by atoms with Crippen LogP contribution in [-0.2, 0) is 6.54 Å². The van der Waals surface area contributed by atoms with E-state index in [9.17, 15) is 0 Å². The monoisotopic (exact) mass is 267 g/mol. The van der Waals surface area contributed by atoms with E-state index in [1.54, 1.807) is 6.08 Å². The minimum Gasteiger partial charge on any atom is -0.489 e. The van der Waals surface area contributed by atoms with Crippen LogP contribution in [0, 0.1) is 6.92 Å². The van der Waals surface area contributed by atoms with Crippen LogP contribution in [0.3, 0.4) is 0 Å². The lowest BCUT2D eigenvalue weighted by atomic mass is 10.1. The van der Waals surface area contributed by atoms with Crippen molar-refractivity contribution in [3.05, 3.63) is 40.9 Å². The van der Waals surface area contributed by atoms with E-state index in [1.807, 2.05) is 0 Å². The Balaban J connectivity index is 2.79. The summed E-state index contributed by atoms with van der Waals surface area (Å²) < 4.78 is 5.76. The highest BCUT2D eigenvalue weighted by Crippen LogP contribution is 2.24. The number of hydrogen-bond donors (Lipinski definition) is 1. The molecule has 1 aromatic carbocycles. The minimum absolute atomic E-state index is 0.0943. The fraction of sp³-hybridized carbons (Fsp3) is 0.467. The molecule has 0 fully saturated rings. The molecule has 1 aromatic rings. The van der Waals surface area contributed by atoms with E-state index in [4.69, 9.17) is 16.3 Å². The van der Waals surface area contributed by atoms with Crippen LogP contribution in [0.25, 0.3) is 0 Å². The summed E-state index contributed by atoms with van der Waals surface area (Å²) in [4.78, 5) is 0. The second-order valence-electron chi connectivity index (χ2n) is 5.34. The van der Waals surface area contributed by atoms with Gasteiger partial charge in [0, 0.05) is 23.2 Å². The zero-order chi connectivity index (χ0) is 13.6. The molecular weight excluding hydrogens is 246 g/mol. The summed E-state index contributed by atoms with van der Waals surface area (Å²) >= 11 is 5.50. The number of para-hydroxylation sites is 1. The van der Waals surface area contributed by atoms with Crippen molar-refractivity contribution in [2.24, 2.45) is 0 Å². The molecule has 1 N–H and O–H groups in total. The average molecular weight is 268 g/mol. The normalized spacial score (nSPS) is 12.1. The Morgan fingerprint density at radius 1 is 1.33 bits per heavy atom. The van der Waals surface area contributed by atoms with Gasteiger partial charge in [-0.25, -0.2) is 0 Å². The van der Waals surface area contributed by atoms with E-state index in [2.05, 4.69) is 51.2 Å². The predicted octanol–water partition coefficient (Wildman–Crippen LogP) is 4.01. The third-order valence-electron chi connectivity index (χ3n) is 2.52. The first-order valence-corrected chi connectivity index (χ1v) is 6.59. The van der Waals surface area contributed by atoms with Gasteiger partial charge in [0.05, 0.1) is 0 Å². The van der Waals surface area contributed by atoms with Gasteiger partial charge in [-0.15, -0.1) is 0 Å². The van der Waals surface area contributed by atoms with Crippen LogP contribution in [0.4, 0.5) is 0 Å². The number of rotatable bonds is 5. The minimum atomic E-state index is 0.0943. The highest BCUT2D eigenvalue weighted by molar-refractivity contribution is 6.25. The van der Waals surface area contributed by atoms with Gasteiger partial charge in [0.15, 0.2) is 0 Å². The van der Waals surface area contributed by atoms with E-state index in [0.717, 1.165) is 17.9 Å². The largest absolute Gasteiger partial charge is 0.489 e. The average Bonchev–Trinajstić information content (AvgIpc) is 2.28. The standard InChI is InChI=1S/C15H22ClNO/c1-12-7-5-8-13(11-17-15(2,3)4)14(12)18-10-6-9-16/h5-9,17H,10-11H2,1-4H3/b9-6+. The Morgan fingerprint density at radius 3 is 2.67 bits per heavy atom. The highest BCUT2D eigenvalue weighted by Gasteiger charge is 2.12. The summed E-state index contributed by atoms with van der Waals surface area (Å²) in [6, 6.07) is 6.20. The summed E-state index contributed by atoms with van der Waals surface area (Å²) in [7, 11) is 0. The molecule has 100 valence electrons. The van der Waals surface area contributed by atoms with E-state index >= 15 is 0 Å². The first-order chi connectivity index (χ1) is 8.44. The number of aryl methyl sites for hydroxylation is 1. The summed E-state index contributed by atoms with van der Waals surface area (Å²) in [5.74, 6) is 0.948. The van der Waals surface area contributed by atoms with Crippen molar-refractivity contribution in [3.63, 3.8) is 0 Å². The van der Waals surface area contributed by atoms with Gasteiger partial charge in [-0.3, -0.25) is 0 Å². The number of nitrogens with one attached hydrogen (secondary N) is 1. The molecule has 0 heterocycles. The maximum absolute atomic E-state index is 5.76. The molecule has 0 saturated heterocycles. The molecule has 0 aromatic heterocycles. The fourth-order valence-corrected chi connectivity index (χ4v) is 1.66. The molecule has 0 bridgehead atoms. The third-order valence-corrected chi connectivity index (χ3v) is 2.69. The van der Waals surface area contributed by atoms with Crippen LogP contribution in [-0.4, -0.2) is 12.1 Å². The summed E-state index contributed by atoms with van der Waals surface area (Å²) in [6.07, 6.45) is 1.79. The number of benzene rings is 1. The number of hydrogen-bond acceptors (Lipinski definition) is 2. The van der Waals surface area contributed by atoms with Crippen molar-refractivity contribution in [1.29, 1.82) is 0 Å².